The van der Waals surface area contributed by atoms with E-state index in [9.17, 15) is 9.18 Å². The van der Waals surface area contributed by atoms with E-state index in [1.54, 1.807) is 6.92 Å². The van der Waals surface area contributed by atoms with Gasteiger partial charge in [0.1, 0.15) is 5.82 Å². The Bertz CT molecular complexity index is 624. The molecule has 1 aromatic heterocycles. The highest BCUT2D eigenvalue weighted by Gasteiger charge is 2.19. The molecule has 0 aliphatic heterocycles. The Morgan fingerprint density at radius 3 is 2.79 bits per heavy atom. The molecule has 0 atom stereocenters. The molecule has 0 unspecified atom stereocenters. The number of halogens is 2. The first kappa shape index (κ1) is 13.7. The van der Waals surface area contributed by atoms with Crippen LogP contribution in [0.1, 0.15) is 36.5 Å². The Hall–Kier alpha value is -1.75. The van der Waals surface area contributed by atoms with Crippen molar-refractivity contribution in [1.29, 1.82) is 0 Å². The van der Waals surface area contributed by atoms with E-state index in [1.165, 1.54) is 22.9 Å². The predicted molar refractivity (Wildman–Crippen MR) is 70.3 cm³/mol. The van der Waals surface area contributed by atoms with E-state index in [-0.39, 0.29) is 5.78 Å². The van der Waals surface area contributed by atoms with Crippen molar-refractivity contribution in [3.05, 3.63) is 40.4 Å². The summed E-state index contributed by atoms with van der Waals surface area (Å²) in [5, 5.41) is 8.17. The van der Waals surface area contributed by atoms with E-state index in [2.05, 4.69) is 10.3 Å². The standard InChI is InChI=1S/C13H13ClFN3O/c1-3-10-13(12(19)4-2)16-17-18(10)11-7-8(15)5-6-9(11)14/h5-7H,3-4H2,1-2H3. The van der Waals surface area contributed by atoms with Crippen molar-refractivity contribution in [2.45, 2.75) is 26.7 Å². The predicted octanol–water partition coefficient (Wildman–Crippen LogP) is 3.21. The van der Waals surface area contributed by atoms with Crippen LogP contribution in [0.5, 0.6) is 0 Å². The smallest absolute Gasteiger partial charge is 0.184 e. The quantitative estimate of drug-likeness (QED) is 0.809. The number of Topliss-reactive ketones (excluding diaryl/α,β-unsaturated/α-hetero) is 1. The van der Waals surface area contributed by atoms with Gasteiger partial charge in [0.2, 0.25) is 0 Å². The molecule has 0 N–H and O–H groups in total. The average molecular weight is 282 g/mol. The van der Waals surface area contributed by atoms with E-state index < -0.39 is 5.82 Å². The summed E-state index contributed by atoms with van der Waals surface area (Å²) in [5.74, 6) is -0.504. The number of benzene rings is 1. The molecule has 1 aromatic carbocycles. The van der Waals surface area contributed by atoms with Crippen LogP contribution in [-0.2, 0) is 6.42 Å². The summed E-state index contributed by atoms with van der Waals surface area (Å²) in [6.07, 6.45) is 0.906. The maximum atomic E-state index is 13.3. The molecule has 2 aromatic rings. The minimum Gasteiger partial charge on any atom is -0.292 e. The molecular weight excluding hydrogens is 269 g/mol. The molecule has 0 saturated carbocycles. The Balaban J connectivity index is 2.60. The lowest BCUT2D eigenvalue weighted by Crippen LogP contribution is -2.06. The summed E-state index contributed by atoms with van der Waals surface area (Å²) < 4.78 is 14.7. The van der Waals surface area contributed by atoms with E-state index in [4.69, 9.17) is 11.6 Å². The maximum Gasteiger partial charge on any atom is 0.184 e. The molecular formula is C13H13ClFN3O. The molecule has 0 saturated heterocycles. The summed E-state index contributed by atoms with van der Waals surface area (Å²) in [7, 11) is 0. The topological polar surface area (TPSA) is 47.8 Å². The van der Waals surface area contributed by atoms with Gasteiger partial charge in [0.25, 0.3) is 0 Å². The Labute approximate surface area is 115 Å². The van der Waals surface area contributed by atoms with Crippen LogP contribution in [0.4, 0.5) is 4.39 Å². The molecule has 0 spiro atoms. The second-order valence-electron chi connectivity index (χ2n) is 4.02. The zero-order valence-electron chi connectivity index (χ0n) is 10.7. The molecule has 100 valence electrons. The molecule has 0 radical (unpaired) electrons. The Kier molecular flexibility index (Phi) is 3.95. The molecule has 0 bridgehead atoms. The van der Waals surface area contributed by atoms with Gasteiger partial charge in [-0.1, -0.05) is 30.7 Å². The van der Waals surface area contributed by atoms with Crippen LogP contribution in [-0.4, -0.2) is 20.8 Å². The molecule has 4 nitrogen and oxygen atoms in total. The van der Waals surface area contributed by atoms with Crippen LogP contribution in [0, 0.1) is 5.82 Å². The second kappa shape index (κ2) is 5.48. The van der Waals surface area contributed by atoms with Crippen molar-refractivity contribution in [3.8, 4) is 5.69 Å². The van der Waals surface area contributed by atoms with Crippen LogP contribution >= 0.6 is 11.6 Å². The Morgan fingerprint density at radius 1 is 1.42 bits per heavy atom. The molecule has 0 amide bonds. The number of aromatic nitrogens is 3. The summed E-state index contributed by atoms with van der Waals surface area (Å²) in [6, 6.07) is 4.00. The number of ketones is 1. The van der Waals surface area contributed by atoms with Gasteiger partial charge in [-0.15, -0.1) is 5.10 Å². The fourth-order valence-corrected chi connectivity index (χ4v) is 2.04. The third kappa shape index (κ3) is 2.51. The summed E-state index contributed by atoms with van der Waals surface area (Å²) in [6.45, 7) is 3.64. The first-order valence-electron chi connectivity index (χ1n) is 6.01. The fraction of sp³-hybridized carbons (Fsp3) is 0.308. The van der Waals surface area contributed by atoms with Crippen LogP contribution in [0.2, 0.25) is 5.02 Å². The highest BCUT2D eigenvalue weighted by atomic mass is 35.5. The number of hydrogen-bond acceptors (Lipinski definition) is 3. The molecule has 0 fully saturated rings. The largest absolute Gasteiger partial charge is 0.292 e. The zero-order valence-corrected chi connectivity index (χ0v) is 11.4. The third-order valence-corrected chi connectivity index (χ3v) is 3.14. The van der Waals surface area contributed by atoms with E-state index in [0.29, 0.717) is 34.9 Å². The monoisotopic (exact) mass is 281 g/mol. The van der Waals surface area contributed by atoms with Gasteiger partial charge in [-0.3, -0.25) is 4.79 Å². The normalized spacial score (nSPS) is 10.7. The van der Waals surface area contributed by atoms with Crippen LogP contribution in [0.15, 0.2) is 18.2 Å². The minimum atomic E-state index is -0.416. The first-order chi connectivity index (χ1) is 9.08. The lowest BCUT2D eigenvalue weighted by molar-refractivity contribution is 0.0982. The molecule has 2 rings (SSSR count). The average Bonchev–Trinajstić information content (AvgIpc) is 2.84. The van der Waals surface area contributed by atoms with Gasteiger partial charge >= 0.3 is 0 Å². The third-order valence-electron chi connectivity index (χ3n) is 2.82. The molecule has 1 heterocycles. The SMILES string of the molecule is CCC(=O)c1nnn(-c2cc(F)ccc2Cl)c1CC. The fourth-order valence-electron chi connectivity index (χ4n) is 1.84. The van der Waals surface area contributed by atoms with Crippen LogP contribution in [0.25, 0.3) is 5.69 Å². The van der Waals surface area contributed by atoms with Gasteiger partial charge in [-0.05, 0) is 18.6 Å². The van der Waals surface area contributed by atoms with Crippen molar-refractivity contribution in [2.75, 3.05) is 0 Å². The van der Waals surface area contributed by atoms with Gasteiger partial charge in [-0.2, -0.15) is 0 Å². The number of carbonyl (C=O) groups excluding carboxylic acids is 1. The van der Waals surface area contributed by atoms with Crippen LogP contribution < -0.4 is 0 Å². The molecule has 6 heteroatoms. The van der Waals surface area contributed by atoms with Gasteiger partial charge in [0, 0.05) is 12.5 Å². The van der Waals surface area contributed by atoms with Crippen molar-refractivity contribution in [2.24, 2.45) is 0 Å². The second-order valence-corrected chi connectivity index (χ2v) is 4.43. The first-order valence-corrected chi connectivity index (χ1v) is 6.39. The van der Waals surface area contributed by atoms with Gasteiger partial charge in [-0.25, -0.2) is 9.07 Å². The van der Waals surface area contributed by atoms with Gasteiger partial charge in [0.05, 0.1) is 16.4 Å². The molecule has 0 aliphatic carbocycles. The summed E-state index contributed by atoms with van der Waals surface area (Å²) in [5.41, 5.74) is 1.35. The van der Waals surface area contributed by atoms with Gasteiger partial charge in [0.15, 0.2) is 11.5 Å². The number of hydrogen-bond donors (Lipinski definition) is 0. The lowest BCUT2D eigenvalue weighted by atomic mass is 10.1. The van der Waals surface area contributed by atoms with E-state index >= 15 is 0 Å². The highest BCUT2D eigenvalue weighted by Crippen LogP contribution is 2.23. The number of rotatable bonds is 4. The molecule has 19 heavy (non-hydrogen) atoms. The number of nitrogens with zero attached hydrogens (tertiary/aromatic N) is 3. The number of carbonyl (C=O) groups is 1. The van der Waals surface area contributed by atoms with Crippen molar-refractivity contribution in [3.63, 3.8) is 0 Å². The minimum absolute atomic E-state index is 0.0874. The summed E-state index contributed by atoms with van der Waals surface area (Å²) in [4.78, 5) is 11.8. The Morgan fingerprint density at radius 2 is 2.16 bits per heavy atom. The van der Waals surface area contributed by atoms with Gasteiger partial charge < -0.3 is 0 Å². The van der Waals surface area contributed by atoms with E-state index in [1.807, 2.05) is 6.92 Å². The van der Waals surface area contributed by atoms with E-state index in [0.717, 1.165) is 0 Å². The van der Waals surface area contributed by atoms with Crippen LogP contribution in [0.3, 0.4) is 0 Å². The van der Waals surface area contributed by atoms with Crippen molar-refractivity contribution in [1.82, 2.24) is 15.0 Å². The van der Waals surface area contributed by atoms with Crippen molar-refractivity contribution >= 4 is 17.4 Å². The van der Waals surface area contributed by atoms with Crippen molar-refractivity contribution < 1.29 is 9.18 Å². The highest BCUT2D eigenvalue weighted by molar-refractivity contribution is 6.32. The summed E-state index contributed by atoms with van der Waals surface area (Å²) >= 11 is 6.04. The maximum absolute atomic E-state index is 13.3. The zero-order chi connectivity index (χ0) is 14.0. The molecule has 0 aliphatic rings. The lowest BCUT2D eigenvalue weighted by Gasteiger charge is -2.07.